The van der Waals surface area contributed by atoms with E-state index < -0.39 is 5.82 Å². The second-order valence-corrected chi connectivity index (χ2v) is 4.18. The SMILES string of the molecule is CCNC(=O)c1ccc(Oc2ccc(CN)c(F)c2)nn1. The molecule has 7 heteroatoms. The Morgan fingerprint density at radius 3 is 2.71 bits per heavy atom. The van der Waals surface area contributed by atoms with Crippen LogP contribution in [-0.2, 0) is 6.54 Å². The Bertz CT molecular complexity index is 631. The van der Waals surface area contributed by atoms with Gasteiger partial charge in [-0.2, -0.15) is 0 Å². The molecule has 0 radical (unpaired) electrons. The fraction of sp³-hybridized carbons (Fsp3) is 0.214. The minimum absolute atomic E-state index is 0.118. The van der Waals surface area contributed by atoms with Crippen LogP contribution in [0.3, 0.4) is 0 Å². The van der Waals surface area contributed by atoms with Gasteiger partial charge < -0.3 is 15.8 Å². The van der Waals surface area contributed by atoms with Gasteiger partial charge in [0, 0.05) is 30.8 Å². The van der Waals surface area contributed by atoms with Crippen LogP contribution in [0, 0.1) is 5.82 Å². The molecule has 3 N–H and O–H groups in total. The second-order valence-electron chi connectivity index (χ2n) is 4.18. The Morgan fingerprint density at radius 1 is 1.33 bits per heavy atom. The van der Waals surface area contributed by atoms with Crippen molar-refractivity contribution in [1.82, 2.24) is 15.5 Å². The van der Waals surface area contributed by atoms with Crippen LogP contribution >= 0.6 is 0 Å². The third-order valence-electron chi connectivity index (χ3n) is 2.68. The van der Waals surface area contributed by atoms with Crippen LogP contribution in [0.15, 0.2) is 30.3 Å². The van der Waals surface area contributed by atoms with E-state index in [-0.39, 0.29) is 29.8 Å². The first-order valence-electron chi connectivity index (χ1n) is 6.42. The minimum Gasteiger partial charge on any atom is -0.437 e. The lowest BCUT2D eigenvalue weighted by Crippen LogP contribution is -2.23. The maximum absolute atomic E-state index is 13.6. The Labute approximate surface area is 121 Å². The molecule has 0 unspecified atom stereocenters. The summed E-state index contributed by atoms with van der Waals surface area (Å²) >= 11 is 0. The molecule has 110 valence electrons. The molecule has 21 heavy (non-hydrogen) atoms. The largest absolute Gasteiger partial charge is 0.437 e. The molecule has 0 aliphatic carbocycles. The average Bonchev–Trinajstić information content (AvgIpc) is 2.48. The van der Waals surface area contributed by atoms with Gasteiger partial charge in [0.1, 0.15) is 11.6 Å². The molecule has 0 spiro atoms. The number of hydrogen-bond donors (Lipinski definition) is 2. The molecule has 6 nitrogen and oxygen atoms in total. The van der Waals surface area contributed by atoms with Gasteiger partial charge in [-0.15, -0.1) is 10.2 Å². The van der Waals surface area contributed by atoms with Crippen molar-refractivity contribution in [3.63, 3.8) is 0 Å². The first-order chi connectivity index (χ1) is 10.1. The van der Waals surface area contributed by atoms with Crippen LogP contribution in [0.1, 0.15) is 23.0 Å². The molecule has 2 rings (SSSR count). The highest BCUT2D eigenvalue weighted by Crippen LogP contribution is 2.21. The van der Waals surface area contributed by atoms with Gasteiger partial charge in [-0.25, -0.2) is 4.39 Å². The summed E-state index contributed by atoms with van der Waals surface area (Å²) in [5.41, 5.74) is 5.97. The van der Waals surface area contributed by atoms with Gasteiger partial charge in [0.05, 0.1) is 0 Å². The summed E-state index contributed by atoms with van der Waals surface area (Å²) in [7, 11) is 0. The predicted octanol–water partition coefficient (Wildman–Crippen LogP) is 1.62. The molecule has 0 bridgehead atoms. The smallest absolute Gasteiger partial charge is 0.271 e. The molecule has 0 aliphatic heterocycles. The van der Waals surface area contributed by atoms with Gasteiger partial charge >= 0.3 is 0 Å². The molecular weight excluding hydrogens is 275 g/mol. The van der Waals surface area contributed by atoms with Crippen LogP contribution in [0.5, 0.6) is 11.6 Å². The van der Waals surface area contributed by atoms with Crippen molar-refractivity contribution in [2.24, 2.45) is 5.73 Å². The Hall–Kier alpha value is -2.54. The maximum Gasteiger partial charge on any atom is 0.271 e. The minimum atomic E-state index is -0.443. The number of nitrogens with two attached hydrogens (primary N) is 1. The van der Waals surface area contributed by atoms with Crippen molar-refractivity contribution in [2.75, 3.05) is 6.54 Å². The summed E-state index contributed by atoms with van der Waals surface area (Å²) in [5, 5.41) is 10.1. The average molecular weight is 290 g/mol. The summed E-state index contributed by atoms with van der Waals surface area (Å²) in [4.78, 5) is 11.5. The molecule has 1 heterocycles. The first-order valence-corrected chi connectivity index (χ1v) is 6.42. The number of benzene rings is 1. The van der Waals surface area contributed by atoms with Gasteiger partial charge in [-0.1, -0.05) is 6.07 Å². The molecule has 1 amide bonds. The Morgan fingerprint density at radius 2 is 2.14 bits per heavy atom. The van der Waals surface area contributed by atoms with E-state index in [0.717, 1.165) is 0 Å². The van der Waals surface area contributed by atoms with E-state index in [1.54, 1.807) is 12.1 Å². The number of rotatable bonds is 5. The number of aromatic nitrogens is 2. The number of halogens is 1. The van der Waals surface area contributed by atoms with Crippen LogP contribution in [-0.4, -0.2) is 22.6 Å². The second kappa shape index (κ2) is 6.76. The van der Waals surface area contributed by atoms with Crippen LogP contribution < -0.4 is 15.8 Å². The maximum atomic E-state index is 13.6. The summed E-state index contributed by atoms with van der Waals surface area (Å²) in [6.07, 6.45) is 0. The third-order valence-corrected chi connectivity index (χ3v) is 2.68. The molecule has 1 aromatic carbocycles. The number of carbonyl (C=O) groups excluding carboxylic acids is 1. The van der Waals surface area contributed by atoms with Crippen molar-refractivity contribution in [3.05, 3.63) is 47.4 Å². The van der Waals surface area contributed by atoms with E-state index >= 15 is 0 Å². The zero-order valence-corrected chi connectivity index (χ0v) is 11.5. The number of nitrogens with zero attached hydrogens (tertiary/aromatic N) is 2. The number of amides is 1. The van der Waals surface area contributed by atoms with E-state index in [1.165, 1.54) is 18.2 Å². The van der Waals surface area contributed by atoms with Crippen molar-refractivity contribution in [3.8, 4) is 11.6 Å². The summed E-state index contributed by atoms with van der Waals surface area (Å²) in [5.74, 6) is -0.301. The van der Waals surface area contributed by atoms with Crippen molar-refractivity contribution < 1.29 is 13.9 Å². The van der Waals surface area contributed by atoms with Crippen molar-refractivity contribution in [2.45, 2.75) is 13.5 Å². The Kier molecular flexibility index (Phi) is 4.78. The lowest BCUT2D eigenvalue weighted by atomic mass is 10.2. The van der Waals surface area contributed by atoms with Crippen LogP contribution in [0.25, 0.3) is 0 Å². The summed E-state index contributed by atoms with van der Waals surface area (Å²) < 4.78 is 18.9. The summed E-state index contributed by atoms with van der Waals surface area (Å²) in [6, 6.07) is 7.33. The number of hydrogen-bond acceptors (Lipinski definition) is 5. The molecule has 0 atom stereocenters. The number of ether oxygens (including phenoxy) is 1. The van der Waals surface area contributed by atoms with Crippen LogP contribution in [0.4, 0.5) is 4.39 Å². The van der Waals surface area contributed by atoms with Gasteiger partial charge in [-0.05, 0) is 19.1 Å². The molecule has 0 fully saturated rings. The monoisotopic (exact) mass is 290 g/mol. The first kappa shape index (κ1) is 14.9. The molecule has 2 aromatic rings. The molecule has 0 saturated carbocycles. The standard InChI is InChI=1S/C14H15FN4O2/c1-2-17-14(20)12-5-6-13(19-18-12)21-10-4-3-9(8-16)11(15)7-10/h3-7H,2,8,16H2,1H3,(H,17,20). The number of carbonyl (C=O) groups is 1. The van der Waals surface area contributed by atoms with Crippen molar-refractivity contribution >= 4 is 5.91 Å². The molecule has 1 aromatic heterocycles. The normalized spacial score (nSPS) is 10.2. The van der Waals surface area contributed by atoms with Crippen molar-refractivity contribution in [1.29, 1.82) is 0 Å². The predicted molar refractivity (Wildman–Crippen MR) is 74.4 cm³/mol. The highest BCUT2D eigenvalue weighted by molar-refractivity contribution is 5.91. The lowest BCUT2D eigenvalue weighted by molar-refractivity contribution is 0.0949. The van der Waals surface area contributed by atoms with E-state index in [9.17, 15) is 9.18 Å². The van der Waals surface area contributed by atoms with E-state index in [0.29, 0.717) is 12.1 Å². The van der Waals surface area contributed by atoms with Gasteiger partial charge in [0.25, 0.3) is 5.91 Å². The highest BCUT2D eigenvalue weighted by Gasteiger charge is 2.08. The van der Waals surface area contributed by atoms with Gasteiger partial charge in [-0.3, -0.25) is 4.79 Å². The van der Waals surface area contributed by atoms with E-state index in [4.69, 9.17) is 10.5 Å². The molecule has 0 aliphatic rings. The van der Waals surface area contributed by atoms with Gasteiger partial charge in [0.2, 0.25) is 5.88 Å². The topological polar surface area (TPSA) is 90.1 Å². The van der Waals surface area contributed by atoms with E-state index in [2.05, 4.69) is 15.5 Å². The fourth-order valence-corrected chi connectivity index (χ4v) is 1.62. The molecule has 0 saturated heterocycles. The van der Waals surface area contributed by atoms with Gasteiger partial charge in [0.15, 0.2) is 5.69 Å². The lowest BCUT2D eigenvalue weighted by Gasteiger charge is -2.06. The Balaban J connectivity index is 2.10. The highest BCUT2D eigenvalue weighted by atomic mass is 19.1. The quantitative estimate of drug-likeness (QED) is 0.873. The zero-order chi connectivity index (χ0) is 15.2. The van der Waals surface area contributed by atoms with Crippen LogP contribution in [0.2, 0.25) is 0 Å². The number of nitrogens with one attached hydrogen (secondary N) is 1. The third kappa shape index (κ3) is 3.73. The van der Waals surface area contributed by atoms with E-state index in [1.807, 2.05) is 6.92 Å². The summed E-state index contributed by atoms with van der Waals surface area (Å²) in [6.45, 7) is 2.43. The molecular formula is C14H15FN4O2. The zero-order valence-electron chi connectivity index (χ0n) is 11.5. The fourth-order valence-electron chi connectivity index (χ4n) is 1.62.